The summed E-state index contributed by atoms with van der Waals surface area (Å²) >= 11 is 0. The maximum absolute atomic E-state index is 8.28. The van der Waals surface area contributed by atoms with Crippen molar-refractivity contribution >= 4 is 5.84 Å². The van der Waals surface area contributed by atoms with Crippen molar-refractivity contribution in [3.05, 3.63) is 0 Å². The minimum Gasteiger partial charge on any atom is -0.409 e. The van der Waals surface area contributed by atoms with Crippen molar-refractivity contribution in [2.24, 2.45) is 10.9 Å². The van der Waals surface area contributed by atoms with Gasteiger partial charge in [-0.1, -0.05) is 5.16 Å². The van der Waals surface area contributed by atoms with Gasteiger partial charge in [0.15, 0.2) is 5.84 Å². The second kappa shape index (κ2) is 3.73. The van der Waals surface area contributed by atoms with Crippen LogP contribution >= 0.6 is 0 Å². The predicted octanol–water partition coefficient (Wildman–Crippen LogP) is -0.499. The average Bonchev–Trinajstić information content (AvgIpc) is 2.49. The molecule has 1 rings (SSSR count). The fraction of sp³-hybridized carbons (Fsp3) is 0.857. The fourth-order valence-electron chi connectivity index (χ4n) is 1.15. The molecule has 0 aromatic rings. The zero-order valence-corrected chi connectivity index (χ0v) is 7.21. The van der Waals surface area contributed by atoms with Crippen molar-refractivity contribution in [3.8, 4) is 0 Å². The van der Waals surface area contributed by atoms with E-state index in [9.17, 15) is 0 Å². The lowest BCUT2D eigenvalue weighted by atomic mass is 10.0. The Balaban J connectivity index is 2.30. The highest BCUT2D eigenvalue weighted by Gasteiger charge is 2.28. The van der Waals surface area contributed by atoms with Gasteiger partial charge in [0.25, 0.3) is 0 Å². The van der Waals surface area contributed by atoms with Gasteiger partial charge in [-0.2, -0.15) is 0 Å². The summed E-state index contributed by atoms with van der Waals surface area (Å²) in [6.07, 6.45) is 0.964. The SMILES string of the molecule is CC1(NCC(N)=NO)CCOC1. The molecule has 12 heavy (non-hydrogen) atoms. The summed E-state index contributed by atoms with van der Waals surface area (Å²) in [6.45, 7) is 3.92. The summed E-state index contributed by atoms with van der Waals surface area (Å²) in [4.78, 5) is 0. The Morgan fingerprint density at radius 1 is 1.83 bits per heavy atom. The highest BCUT2D eigenvalue weighted by atomic mass is 16.5. The lowest BCUT2D eigenvalue weighted by Gasteiger charge is -2.22. The maximum Gasteiger partial charge on any atom is 0.153 e. The lowest BCUT2D eigenvalue weighted by Crippen LogP contribution is -2.46. The van der Waals surface area contributed by atoms with E-state index < -0.39 is 0 Å². The monoisotopic (exact) mass is 173 g/mol. The molecule has 1 aliphatic rings. The number of ether oxygens (including phenoxy) is 1. The number of amidine groups is 1. The van der Waals surface area contributed by atoms with E-state index >= 15 is 0 Å². The summed E-state index contributed by atoms with van der Waals surface area (Å²) in [6, 6.07) is 0. The molecule has 4 N–H and O–H groups in total. The van der Waals surface area contributed by atoms with Gasteiger partial charge in [-0.25, -0.2) is 0 Å². The molecule has 0 amide bonds. The molecular formula is C7H15N3O2. The van der Waals surface area contributed by atoms with Crippen LogP contribution in [0.3, 0.4) is 0 Å². The Morgan fingerprint density at radius 3 is 3.08 bits per heavy atom. The second-order valence-corrected chi connectivity index (χ2v) is 3.31. The van der Waals surface area contributed by atoms with E-state index in [1.165, 1.54) is 0 Å². The third kappa shape index (κ3) is 2.35. The van der Waals surface area contributed by atoms with Crippen LogP contribution in [-0.2, 0) is 4.74 Å². The van der Waals surface area contributed by atoms with Crippen LogP contribution in [0, 0.1) is 0 Å². The van der Waals surface area contributed by atoms with Gasteiger partial charge in [-0.15, -0.1) is 0 Å². The molecular weight excluding hydrogens is 158 g/mol. The summed E-state index contributed by atoms with van der Waals surface area (Å²) in [7, 11) is 0. The van der Waals surface area contributed by atoms with Crippen LogP contribution in [0.5, 0.6) is 0 Å². The van der Waals surface area contributed by atoms with Crippen LogP contribution in [0.2, 0.25) is 0 Å². The van der Waals surface area contributed by atoms with Gasteiger partial charge in [0, 0.05) is 12.1 Å². The van der Waals surface area contributed by atoms with E-state index in [1.807, 2.05) is 0 Å². The van der Waals surface area contributed by atoms with Crippen molar-refractivity contribution < 1.29 is 9.94 Å². The Bertz CT molecular complexity index is 175. The van der Waals surface area contributed by atoms with Crippen molar-refractivity contribution in [2.45, 2.75) is 18.9 Å². The molecule has 1 saturated heterocycles. The number of hydrogen-bond donors (Lipinski definition) is 3. The van der Waals surface area contributed by atoms with Crippen LogP contribution < -0.4 is 11.1 Å². The second-order valence-electron chi connectivity index (χ2n) is 3.31. The first-order chi connectivity index (χ1) is 5.66. The topological polar surface area (TPSA) is 79.9 Å². The lowest BCUT2D eigenvalue weighted by molar-refractivity contribution is 0.173. The molecule has 1 heterocycles. The molecule has 0 saturated carbocycles. The van der Waals surface area contributed by atoms with E-state index in [2.05, 4.69) is 17.4 Å². The smallest absolute Gasteiger partial charge is 0.153 e. The molecule has 1 atom stereocenters. The molecule has 0 spiro atoms. The van der Waals surface area contributed by atoms with Crippen molar-refractivity contribution in [1.82, 2.24) is 5.32 Å². The molecule has 1 fully saturated rings. The van der Waals surface area contributed by atoms with E-state index in [-0.39, 0.29) is 11.4 Å². The number of rotatable bonds is 3. The number of hydrogen-bond acceptors (Lipinski definition) is 4. The van der Waals surface area contributed by atoms with Crippen LogP contribution in [0.25, 0.3) is 0 Å². The Hall–Kier alpha value is -0.810. The average molecular weight is 173 g/mol. The third-order valence-corrected chi connectivity index (χ3v) is 2.04. The quantitative estimate of drug-likeness (QED) is 0.233. The molecule has 0 aromatic heterocycles. The van der Waals surface area contributed by atoms with E-state index in [1.54, 1.807) is 0 Å². The first-order valence-electron chi connectivity index (χ1n) is 3.95. The summed E-state index contributed by atoms with van der Waals surface area (Å²) in [5.74, 6) is 0.197. The third-order valence-electron chi connectivity index (χ3n) is 2.04. The first kappa shape index (κ1) is 9.28. The highest BCUT2D eigenvalue weighted by molar-refractivity contribution is 5.81. The Morgan fingerprint density at radius 2 is 2.58 bits per heavy atom. The van der Waals surface area contributed by atoms with Crippen molar-refractivity contribution in [1.29, 1.82) is 0 Å². The summed E-state index contributed by atoms with van der Waals surface area (Å²) in [5, 5.41) is 14.3. The van der Waals surface area contributed by atoms with Crippen LogP contribution in [0.4, 0.5) is 0 Å². The number of nitrogens with one attached hydrogen (secondary N) is 1. The van der Waals surface area contributed by atoms with Crippen molar-refractivity contribution in [3.63, 3.8) is 0 Å². The Labute approximate surface area is 71.6 Å². The molecule has 70 valence electrons. The molecule has 0 aliphatic carbocycles. The van der Waals surface area contributed by atoms with Gasteiger partial charge in [-0.05, 0) is 13.3 Å². The van der Waals surface area contributed by atoms with Gasteiger partial charge in [0.05, 0.1) is 13.2 Å². The zero-order valence-electron chi connectivity index (χ0n) is 7.21. The van der Waals surface area contributed by atoms with Crippen LogP contribution in [0.15, 0.2) is 5.16 Å². The van der Waals surface area contributed by atoms with Gasteiger partial charge < -0.3 is 21.0 Å². The Kier molecular flexibility index (Phi) is 2.88. The standard InChI is InChI=1S/C7H15N3O2/c1-7(2-3-12-5-7)9-4-6(8)10-11/h9,11H,2-5H2,1H3,(H2,8,10). The van der Waals surface area contributed by atoms with Crippen molar-refractivity contribution in [2.75, 3.05) is 19.8 Å². The van der Waals surface area contributed by atoms with Crippen LogP contribution in [-0.4, -0.2) is 36.3 Å². The van der Waals surface area contributed by atoms with Crippen LogP contribution in [0.1, 0.15) is 13.3 Å². The summed E-state index contributed by atoms with van der Waals surface area (Å²) < 4.78 is 5.22. The molecule has 5 nitrogen and oxygen atoms in total. The van der Waals surface area contributed by atoms with E-state index in [4.69, 9.17) is 15.7 Å². The highest BCUT2D eigenvalue weighted by Crippen LogP contribution is 2.16. The molecule has 1 aliphatic heterocycles. The molecule has 5 heteroatoms. The molecule has 0 radical (unpaired) electrons. The molecule has 1 unspecified atom stereocenters. The predicted molar refractivity (Wildman–Crippen MR) is 45.3 cm³/mol. The number of nitrogens with two attached hydrogens (primary N) is 1. The van der Waals surface area contributed by atoms with Gasteiger partial charge in [-0.3, -0.25) is 0 Å². The summed E-state index contributed by atoms with van der Waals surface area (Å²) in [5.41, 5.74) is 5.29. The van der Waals surface area contributed by atoms with Gasteiger partial charge in [0.2, 0.25) is 0 Å². The molecule has 0 bridgehead atoms. The molecule has 0 aromatic carbocycles. The van der Waals surface area contributed by atoms with E-state index in [0.29, 0.717) is 13.2 Å². The number of oxime groups is 1. The fourth-order valence-corrected chi connectivity index (χ4v) is 1.15. The first-order valence-corrected chi connectivity index (χ1v) is 3.95. The normalized spacial score (nSPS) is 30.9. The minimum atomic E-state index is -0.0185. The van der Waals surface area contributed by atoms with E-state index in [0.717, 1.165) is 13.0 Å². The number of nitrogens with zero attached hydrogens (tertiary/aromatic N) is 1. The maximum atomic E-state index is 8.28. The minimum absolute atomic E-state index is 0.0185. The van der Waals surface area contributed by atoms with Gasteiger partial charge >= 0.3 is 0 Å². The largest absolute Gasteiger partial charge is 0.409 e. The van der Waals surface area contributed by atoms with Gasteiger partial charge in [0.1, 0.15) is 0 Å². The zero-order chi connectivity index (χ0) is 9.03.